The number of aryl methyl sites for hydroxylation is 2. The highest BCUT2D eigenvalue weighted by atomic mass is 16.5. The second-order valence-electron chi connectivity index (χ2n) is 6.13. The Bertz CT molecular complexity index is 977. The third-order valence-corrected chi connectivity index (χ3v) is 4.31. The van der Waals surface area contributed by atoms with Gasteiger partial charge in [-0.1, -0.05) is 12.1 Å². The monoisotopic (exact) mass is 366 g/mol. The van der Waals surface area contributed by atoms with Crippen LogP contribution in [0, 0.1) is 6.92 Å². The lowest BCUT2D eigenvalue weighted by Gasteiger charge is -2.13. The van der Waals surface area contributed by atoms with Crippen LogP contribution in [0.25, 0.3) is 5.69 Å². The minimum atomic E-state index is -0.369. The van der Waals surface area contributed by atoms with Gasteiger partial charge in [-0.25, -0.2) is 4.98 Å². The first-order valence-corrected chi connectivity index (χ1v) is 8.71. The summed E-state index contributed by atoms with van der Waals surface area (Å²) in [6, 6.07) is 8.96. The van der Waals surface area contributed by atoms with E-state index in [0.29, 0.717) is 23.5 Å². The van der Waals surface area contributed by atoms with Gasteiger partial charge in [-0.2, -0.15) is 0 Å². The van der Waals surface area contributed by atoms with Crippen molar-refractivity contribution in [3.63, 3.8) is 0 Å². The Hall–Kier alpha value is -3.35. The Morgan fingerprint density at radius 1 is 1.22 bits per heavy atom. The van der Waals surface area contributed by atoms with E-state index in [9.17, 15) is 9.59 Å². The van der Waals surface area contributed by atoms with E-state index in [1.165, 1.54) is 4.57 Å². The van der Waals surface area contributed by atoms with Crippen LogP contribution in [0.4, 0.5) is 0 Å². The van der Waals surface area contributed by atoms with Gasteiger partial charge in [0.15, 0.2) is 0 Å². The maximum absolute atomic E-state index is 13.0. The number of rotatable bonds is 7. The lowest BCUT2D eigenvalue weighted by atomic mass is 10.1. The van der Waals surface area contributed by atoms with Crippen molar-refractivity contribution in [2.75, 3.05) is 13.7 Å². The molecule has 1 N–H and O–H groups in total. The van der Waals surface area contributed by atoms with Crippen LogP contribution in [0.1, 0.15) is 22.3 Å². The van der Waals surface area contributed by atoms with E-state index in [1.807, 2.05) is 22.9 Å². The summed E-state index contributed by atoms with van der Waals surface area (Å²) in [5, 5.41) is 2.83. The van der Waals surface area contributed by atoms with Gasteiger partial charge in [0.05, 0.1) is 19.1 Å². The number of carbonyl (C=O) groups excluding carboxylic acids is 1. The van der Waals surface area contributed by atoms with Gasteiger partial charge >= 0.3 is 0 Å². The minimum absolute atomic E-state index is 0.144. The topological polar surface area (TPSA) is 78.2 Å². The molecule has 0 aliphatic heterocycles. The van der Waals surface area contributed by atoms with Gasteiger partial charge < -0.3 is 14.6 Å². The Balaban J connectivity index is 1.78. The number of carbonyl (C=O) groups is 1. The van der Waals surface area contributed by atoms with Crippen molar-refractivity contribution < 1.29 is 9.53 Å². The van der Waals surface area contributed by atoms with Crippen LogP contribution in [0.5, 0.6) is 5.75 Å². The van der Waals surface area contributed by atoms with Crippen LogP contribution < -0.4 is 15.6 Å². The average molecular weight is 366 g/mol. The fraction of sp³-hybridized carbons (Fsp3) is 0.250. The van der Waals surface area contributed by atoms with E-state index in [2.05, 4.69) is 10.3 Å². The van der Waals surface area contributed by atoms with E-state index in [0.717, 1.165) is 13.0 Å². The summed E-state index contributed by atoms with van der Waals surface area (Å²) < 4.78 is 8.71. The normalized spacial score (nSPS) is 10.6. The summed E-state index contributed by atoms with van der Waals surface area (Å²) in [6.45, 7) is 2.98. The number of amides is 1. The molecule has 3 rings (SSSR count). The van der Waals surface area contributed by atoms with Gasteiger partial charge in [-0.3, -0.25) is 14.2 Å². The molecule has 27 heavy (non-hydrogen) atoms. The van der Waals surface area contributed by atoms with Gasteiger partial charge in [0, 0.05) is 31.7 Å². The van der Waals surface area contributed by atoms with Gasteiger partial charge in [-0.05, 0) is 37.1 Å². The van der Waals surface area contributed by atoms with E-state index >= 15 is 0 Å². The highest BCUT2D eigenvalue weighted by Crippen LogP contribution is 2.21. The quantitative estimate of drug-likeness (QED) is 0.650. The number of ether oxygens (including phenoxy) is 1. The molecule has 2 heterocycles. The SMILES string of the molecule is COc1ccccc1-n1ccc(C)c(C(=O)NCCCn2ccnc2)c1=O. The molecule has 0 fully saturated rings. The molecule has 3 aromatic rings. The minimum Gasteiger partial charge on any atom is -0.495 e. The molecule has 0 unspecified atom stereocenters. The summed E-state index contributed by atoms with van der Waals surface area (Å²) in [6.07, 6.45) is 7.72. The largest absolute Gasteiger partial charge is 0.495 e. The molecular weight excluding hydrogens is 344 g/mol. The number of hydrogen-bond donors (Lipinski definition) is 1. The van der Waals surface area contributed by atoms with Crippen LogP contribution in [0.2, 0.25) is 0 Å². The fourth-order valence-corrected chi connectivity index (χ4v) is 2.89. The molecule has 0 spiro atoms. The van der Waals surface area contributed by atoms with E-state index < -0.39 is 0 Å². The van der Waals surface area contributed by atoms with Crippen LogP contribution in [0.15, 0.2) is 60.0 Å². The third kappa shape index (κ3) is 4.08. The van der Waals surface area contributed by atoms with Gasteiger partial charge in [0.2, 0.25) is 0 Å². The molecule has 0 atom stereocenters. The standard InChI is InChI=1S/C20H22N4O3/c1-15-8-12-24(16-6-3-4-7-17(16)27-2)20(26)18(15)19(25)22-9-5-11-23-13-10-21-14-23/h3-4,6-8,10,12-14H,5,9,11H2,1-2H3,(H,22,25). The Morgan fingerprint density at radius 3 is 2.78 bits per heavy atom. The van der Waals surface area contributed by atoms with Gasteiger partial charge in [0.1, 0.15) is 11.3 Å². The van der Waals surface area contributed by atoms with E-state index in [-0.39, 0.29) is 17.0 Å². The maximum Gasteiger partial charge on any atom is 0.268 e. The molecule has 1 amide bonds. The van der Waals surface area contributed by atoms with E-state index in [1.54, 1.807) is 51.0 Å². The summed E-state index contributed by atoms with van der Waals surface area (Å²) in [5.41, 5.74) is 1.01. The van der Waals surface area contributed by atoms with Crippen LogP contribution in [-0.2, 0) is 6.54 Å². The predicted molar refractivity (Wildman–Crippen MR) is 103 cm³/mol. The van der Waals surface area contributed by atoms with Crippen molar-refractivity contribution in [3.05, 3.63) is 76.7 Å². The first-order chi connectivity index (χ1) is 13.1. The zero-order chi connectivity index (χ0) is 19.2. The predicted octanol–water partition coefficient (Wildman–Crippen LogP) is 2.17. The molecule has 0 saturated carbocycles. The number of imidazole rings is 1. The lowest BCUT2D eigenvalue weighted by Crippen LogP contribution is -2.34. The summed E-state index contributed by atoms with van der Waals surface area (Å²) >= 11 is 0. The van der Waals surface area contributed by atoms with Crippen molar-refractivity contribution in [3.8, 4) is 11.4 Å². The van der Waals surface area contributed by atoms with Crippen molar-refractivity contribution in [1.29, 1.82) is 0 Å². The molecule has 140 valence electrons. The Morgan fingerprint density at radius 2 is 2.04 bits per heavy atom. The molecular formula is C20H22N4O3. The Labute approximate surface area is 157 Å². The first kappa shape index (κ1) is 18.4. The number of nitrogens with one attached hydrogen (secondary N) is 1. The zero-order valence-electron chi connectivity index (χ0n) is 15.4. The highest BCUT2D eigenvalue weighted by molar-refractivity contribution is 5.95. The second kappa shape index (κ2) is 8.35. The molecule has 0 aliphatic carbocycles. The van der Waals surface area contributed by atoms with Crippen LogP contribution in [0.3, 0.4) is 0 Å². The molecule has 7 nitrogen and oxygen atoms in total. The summed E-state index contributed by atoms with van der Waals surface area (Å²) in [4.78, 5) is 29.5. The summed E-state index contributed by atoms with van der Waals surface area (Å²) in [7, 11) is 1.55. The number of pyridine rings is 1. The van der Waals surface area contributed by atoms with Crippen molar-refractivity contribution >= 4 is 5.91 Å². The molecule has 7 heteroatoms. The molecule has 1 aromatic carbocycles. The molecule has 0 saturated heterocycles. The third-order valence-electron chi connectivity index (χ3n) is 4.31. The van der Waals surface area contributed by atoms with E-state index in [4.69, 9.17) is 4.74 Å². The van der Waals surface area contributed by atoms with Crippen molar-refractivity contribution in [1.82, 2.24) is 19.4 Å². The molecule has 0 bridgehead atoms. The number of methoxy groups -OCH3 is 1. The smallest absolute Gasteiger partial charge is 0.268 e. The number of benzene rings is 1. The fourth-order valence-electron chi connectivity index (χ4n) is 2.89. The van der Waals surface area contributed by atoms with Gasteiger partial charge in [0.25, 0.3) is 11.5 Å². The molecule has 2 aromatic heterocycles. The second-order valence-corrected chi connectivity index (χ2v) is 6.13. The van der Waals surface area contributed by atoms with Crippen LogP contribution in [-0.4, -0.2) is 33.7 Å². The average Bonchev–Trinajstić information content (AvgIpc) is 3.19. The number of para-hydroxylation sites is 2. The highest BCUT2D eigenvalue weighted by Gasteiger charge is 2.17. The Kier molecular flexibility index (Phi) is 5.71. The van der Waals surface area contributed by atoms with Crippen LogP contribution >= 0.6 is 0 Å². The molecule has 0 radical (unpaired) electrons. The lowest BCUT2D eigenvalue weighted by molar-refractivity contribution is 0.0950. The number of hydrogen-bond acceptors (Lipinski definition) is 4. The molecule has 0 aliphatic rings. The first-order valence-electron chi connectivity index (χ1n) is 8.71. The van der Waals surface area contributed by atoms with Gasteiger partial charge in [-0.15, -0.1) is 0 Å². The zero-order valence-corrected chi connectivity index (χ0v) is 15.4. The summed E-state index contributed by atoms with van der Waals surface area (Å²) in [5.74, 6) is 0.197. The van der Waals surface area contributed by atoms with Crippen molar-refractivity contribution in [2.24, 2.45) is 0 Å². The maximum atomic E-state index is 13.0. The number of nitrogens with zero attached hydrogens (tertiary/aromatic N) is 3. The van der Waals surface area contributed by atoms with Crippen molar-refractivity contribution in [2.45, 2.75) is 19.9 Å². The number of aromatic nitrogens is 3.